The molecule has 1 aromatic heterocycles. The molecule has 3 nitrogen and oxygen atoms in total. The first kappa shape index (κ1) is 13.2. The van der Waals surface area contributed by atoms with Gasteiger partial charge >= 0.3 is 0 Å². The summed E-state index contributed by atoms with van der Waals surface area (Å²) < 4.78 is 0.683. The van der Waals surface area contributed by atoms with Crippen molar-refractivity contribution in [1.29, 1.82) is 0 Å². The lowest BCUT2D eigenvalue weighted by Gasteiger charge is -2.06. The van der Waals surface area contributed by atoms with Gasteiger partial charge in [0.2, 0.25) is 0 Å². The number of halogens is 1. The van der Waals surface area contributed by atoms with Gasteiger partial charge in [-0.05, 0) is 46.8 Å². The van der Waals surface area contributed by atoms with Gasteiger partial charge in [-0.15, -0.1) is 0 Å². The molecule has 0 spiro atoms. The summed E-state index contributed by atoms with van der Waals surface area (Å²) in [6, 6.07) is 3.43. The molecule has 0 bridgehead atoms. The van der Waals surface area contributed by atoms with Crippen molar-refractivity contribution in [3.05, 3.63) is 28.5 Å². The first-order valence-corrected chi connectivity index (χ1v) is 6.28. The zero-order chi connectivity index (χ0) is 12.0. The number of nitrogens with one attached hydrogen (secondary N) is 1. The van der Waals surface area contributed by atoms with Crippen LogP contribution >= 0.6 is 15.9 Å². The minimum absolute atomic E-state index is 0.0353. The van der Waals surface area contributed by atoms with Crippen LogP contribution in [0.15, 0.2) is 22.9 Å². The van der Waals surface area contributed by atoms with E-state index in [9.17, 15) is 4.79 Å². The van der Waals surface area contributed by atoms with E-state index in [1.165, 1.54) is 0 Å². The van der Waals surface area contributed by atoms with Crippen molar-refractivity contribution in [1.82, 2.24) is 10.3 Å². The SMILES string of the molecule is CC(C)CCCNC(=O)c1ccnc(Br)c1. The third-order valence-corrected chi connectivity index (χ3v) is 2.67. The number of aromatic nitrogens is 1. The van der Waals surface area contributed by atoms with E-state index in [0.717, 1.165) is 19.4 Å². The van der Waals surface area contributed by atoms with Crippen LogP contribution in [0.1, 0.15) is 37.0 Å². The van der Waals surface area contributed by atoms with E-state index < -0.39 is 0 Å². The normalized spacial score (nSPS) is 10.5. The molecule has 0 fully saturated rings. The largest absolute Gasteiger partial charge is 0.352 e. The number of amides is 1. The molecule has 1 rings (SSSR count). The highest BCUT2D eigenvalue weighted by atomic mass is 79.9. The fraction of sp³-hybridized carbons (Fsp3) is 0.500. The van der Waals surface area contributed by atoms with Crippen LogP contribution in [0.3, 0.4) is 0 Å². The second-order valence-electron chi connectivity index (χ2n) is 4.16. The molecule has 88 valence electrons. The standard InChI is InChI=1S/C12H17BrN2O/c1-9(2)4-3-6-15-12(16)10-5-7-14-11(13)8-10/h5,7-9H,3-4,6H2,1-2H3,(H,15,16). The first-order valence-electron chi connectivity index (χ1n) is 5.49. The Balaban J connectivity index is 2.35. The van der Waals surface area contributed by atoms with E-state index in [0.29, 0.717) is 16.1 Å². The topological polar surface area (TPSA) is 42.0 Å². The smallest absolute Gasteiger partial charge is 0.251 e. The Kier molecular flexibility index (Phi) is 5.46. The molecule has 0 radical (unpaired) electrons. The number of carbonyl (C=O) groups excluding carboxylic acids is 1. The Hall–Kier alpha value is -0.900. The molecule has 1 N–H and O–H groups in total. The van der Waals surface area contributed by atoms with Crippen molar-refractivity contribution < 1.29 is 4.79 Å². The van der Waals surface area contributed by atoms with Crippen molar-refractivity contribution in [2.45, 2.75) is 26.7 Å². The van der Waals surface area contributed by atoms with Gasteiger partial charge in [0.05, 0.1) is 0 Å². The molecule has 4 heteroatoms. The van der Waals surface area contributed by atoms with E-state index in [1.54, 1.807) is 18.3 Å². The number of hydrogen-bond donors (Lipinski definition) is 1. The molecular weight excluding hydrogens is 268 g/mol. The third-order valence-electron chi connectivity index (χ3n) is 2.23. The van der Waals surface area contributed by atoms with E-state index >= 15 is 0 Å². The Bertz CT molecular complexity index is 353. The van der Waals surface area contributed by atoms with Gasteiger partial charge < -0.3 is 5.32 Å². The third kappa shape index (κ3) is 4.75. The fourth-order valence-electron chi connectivity index (χ4n) is 1.36. The number of hydrogen-bond acceptors (Lipinski definition) is 2. The lowest BCUT2D eigenvalue weighted by molar-refractivity contribution is 0.0952. The van der Waals surface area contributed by atoms with Gasteiger partial charge in [0.25, 0.3) is 5.91 Å². The minimum Gasteiger partial charge on any atom is -0.352 e. The van der Waals surface area contributed by atoms with E-state index in [2.05, 4.69) is 40.1 Å². The number of pyridine rings is 1. The summed E-state index contributed by atoms with van der Waals surface area (Å²) in [6.45, 7) is 5.10. The van der Waals surface area contributed by atoms with Gasteiger partial charge in [-0.2, -0.15) is 0 Å². The second kappa shape index (κ2) is 6.63. The predicted octanol–water partition coefficient (Wildman–Crippen LogP) is 3.01. The quantitative estimate of drug-likeness (QED) is 0.667. The van der Waals surface area contributed by atoms with Crippen LogP contribution in [0.25, 0.3) is 0 Å². The molecule has 0 atom stereocenters. The first-order chi connectivity index (χ1) is 7.59. The van der Waals surface area contributed by atoms with Gasteiger partial charge in [0, 0.05) is 18.3 Å². The predicted molar refractivity (Wildman–Crippen MR) is 68.3 cm³/mol. The summed E-state index contributed by atoms with van der Waals surface area (Å²) in [5, 5.41) is 2.89. The van der Waals surface area contributed by atoms with Gasteiger partial charge in [0.15, 0.2) is 0 Å². The molecule has 0 unspecified atom stereocenters. The fourth-order valence-corrected chi connectivity index (χ4v) is 1.72. The summed E-state index contributed by atoms with van der Waals surface area (Å²) in [5.41, 5.74) is 0.645. The van der Waals surface area contributed by atoms with E-state index in [4.69, 9.17) is 0 Å². The average Bonchev–Trinajstić information content (AvgIpc) is 2.24. The van der Waals surface area contributed by atoms with Crippen LogP contribution in [-0.4, -0.2) is 17.4 Å². The maximum atomic E-state index is 11.7. The lowest BCUT2D eigenvalue weighted by atomic mass is 10.1. The highest BCUT2D eigenvalue weighted by Gasteiger charge is 2.05. The molecular formula is C12H17BrN2O. The van der Waals surface area contributed by atoms with Crippen LogP contribution in [0.5, 0.6) is 0 Å². The molecule has 1 amide bonds. The molecule has 0 aliphatic rings. The lowest BCUT2D eigenvalue weighted by Crippen LogP contribution is -2.24. The average molecular weight is 285 g/mol. The van der Waals surface area contributed by atoms with Crippen molar-refractivity contribution >= 4 is 21.8 Å². The molecule has 1 aromatic rings. The van der Waals surface area contributed by atoms with E-state index in [1.807, 2.05) is 0 Å². The molecule has 0 saturated carbocycles. The molecule has 0 aliphatic heterocycles. The summed E-state index contributed by atoms with van der Waals surface area (Å²) in [4.78, 5) is 15.7. The highest BCUT2D eigenvalue weighted by molar-refractivity contribution is 9.10. The summed E-state index contributed by atoms with van der Waals surface area (Å²) >= 11 is 3.24. The number of carbonyl (C=O) groups is 1. The van der Waals surface area contributed by atoms with Crippen LogP contribution in [0, 0.1) is 5.92 Å². The van der Waals surface area contributed by atoms with Crippen molar-refractivity contribution in [2.24, 2.45) is 5.92 Å². The maximum absolute atomic E-state index is 11.7. The van der Waals surface area contributed by atoms with E-state index in [-0.39, 0.29) is 5.91 Å². The monoisotopic (exact) mass is 284 g/mol. The molecule has 0 saturated heterocycles. The maximum Gasteiger partial charge on any atom is 0.251 e. The molecule has 16 heavy (non-hydrogen) atoms. The summed E-state index contributed by atoms with van der Waals surface area (Å²) in [7, 11) is 0. The van der Waals surface area contributed by atoms with Crippen molar-refractivity contribution in [3.8, 4) is 0 Å². The van der Waals surface area contributed by atoms with Crippen molar-refractivity contribution in [3.63, 3.8) is 0 Å². The Morgan fingerprint density at radius 1 is 1.56 bits per heavy atom. The Morgan fingerprint density at radius 2 is 2.31 bits per heavy atom. The van der Waals surface area contributed by atoms with Crippen LogP contribution in [0.4, 0.5) is 0 Å². The molecule has 0 aliphatic carbocycles. The van der Waals surface area contributed by atoms with Crippen LogP contribution in [0.2, 0.25) is 0 Å². The van der Waals surface area contributed by atoms with Crippen molar-refractivity contribution in [2.75, 3.05) is 6.54 Å². The van der Waals surface area contributed by atoms with Gasteiger partial charge in [-0.1, -0.05) is 13.8 Å². The molecule has 0 aromatic carbocycles. The van der Waals surface area contributed by atoms with Gasteiger partial charge in [0.1, 0.15) is 4.60 Å². The zero-order valence-electron chi connectivity index (χ0n) is 9.66. The number of rotatable bonds is 5. The summed E-state index contributed by atoms with van der Waals surface area (Å²) in [6.07, 6.45) is 3.78. The Morgan fingerprint density at radius 3 is 2.94 bits per heavy atom. The van der Waals surface area contributed by atoms with Crippen LogP contribution in [-0.2, 0) is 0 Å². The van der Waals surface area contributed by atoms with Gasteiger partial charge in [-0.25, -0.2) is 4.98 Å². The second-order valence-corrected chi connectivity index (χ2v) is 4.97. The zero-order valence-corrected chi connectivity index (χ0v) is 11.3. The summed E-state index contributed by atoms with van der Waals surface area (Å²) in [5.74, 6) is 0.652. The highest BCUT2D eigenvalue weighted by Crippen LogP contribution is 2.08. The molecule has 1 heterocycles. The number of nitrogens with zero attached hydrogens (tertiary/aromatic N) is 1. The Labute approximate surface area is 105 Å². The minimum atomic E-state index is -0.0353. The van der Waals surface area contributed by atoms with Crippen LogP contribution < -0.4 is 5.32 Å². The van der Waals surface area contributed by atoms with Gasteiger partial charge in [-0.3, -0.25) is 4.79 Å².